The maximum Gasteiger partial charge on any atom is 0.354 e. The van der Waals surface area contributed by atoms with Gasteiger partial charge in [-0.2, -0.15) is 0 Å². The van der Waals surface area contributed by atoms with Crippen molar-refractivity contribution in [2.75, 3.05) is 25.4 Å². The van der Waals surface area contributed by atoms with Gasteiger partial charge in [-0.15, -0.1) is 0 Å². The summed E-state index contributed by atoms with van der Waals surface area (Å²) >= 11 is 0. The molecule has 12 heteroatoms. The van der Waals surface area contributed by atoms with Crippen molar-refractivity contribution in [3.63, 3.8) is 0 Å². The summed E-state index contributed by atoms with van der Waals surface area (Å²) < 4.78 is 17.4. The Kier molecular flexibility index (Phi) is 4.71. The number of hydrogen-bond acceptors (Lipinski definition) is 8. The van der Waals surface area contributed by atoms with E-state index in [1.807, 2.05) is 0 Å². The zero-order valence-corrected chi connectivity index (χ0v) is 14.3. The largest absolute Gasteiger partial charge is 0.477 e. The number of aliphatic hydroxyl groups is 1. The van der Waals surface area contributed by atoms with Crippen LogP contribution in [-0.2, 0) is 34.7 Å². The quantitative estimate of drug-likeness (QED) is 0.305. The molecule has 0 radical (unpaired) electrons. The number of carboxylic acid groups (broad SMARTS) is 1. The molecule has 3 aliphatic heterocycles. The molecule has 0 bridgehead atoms. The molecule has 3 rings (SSSR count). The van der Waals surface area contributed by atoms with Crippen molar-refractivity contribution >= 4 is 35.6 Å². The molecular formula is C14H17N3O8S. The molecule has 0 aromatic carbocycles. The summed E-state index contributed by atoms with van der Waals surface area (Å²) in [5, 5.41) is 20.4. The first-order valence-electron chi connectivity index (χ1n) is 7.74. The Morgan fingerprint density at radius 3 is 2.73 bits per heavy atom. The van der Waals surface area contributed by atoms with Gasteiger partial charge in [-0.1, -0.05) is 0 Å². The van der Waals surface area contributed by atoms with Gasteiger partial charge in [0.05, 0.1) is 28.4 Å². The fraction of sp³-hybridized carbons (Fsp3) is 0.571. The second-order valence-electron chi connectivity index (χ2n) is 6.18. The van der Waals surface area contributed by atoms with E-state index in [0.717, 1.165) is 4.90 Å². The molecule has 11 nitrogen and oxygen atoms in total. The predicted molar refractivity (Wildman–Crippen MR) is 84.4 cm³/mol. The molecule has 3 heterocycles. The lowest BCUT2D eigenvalue weighted by Crippen LogP contribution is -2.83. The van der Waals surface area contributed by atoms with E-state index in [0.29, 0.717) is 13.0 Å². The van der Waals surface area contributed by atoms with Crippen LogP contribution >= 0.6 is 0 Å². The molecular weight excluding hydrogens is 370 g/mol. The number of β-lactam (4-membered cyclic amide) rings is 1. The summed E-state index contributed by atoms with van der Waals surface area (Å²) in [6.45, 7) is 0.0950. The standard InChI is InChI=1S/C14H17N3O8S/c18-6-15-14(5-25-7-19)12(23)17-10(11(21)22)9(4-26(24)13(14)17)16-2-1-8(20)3-16/h6-8,13,20H,1-5H2,(H,15,18)(H,21,22)/t8?,13-,14?,26?/m0/s1. The minimum atomic E-state index is -1.76. The van der Waals surface area contributed by atoms with E-state index in [1.165, 1.54) is 0 Å². The molecule has 0 saturated carbocycles. The highest BCUT2D eigenvalue weighted by atomic mass is 32.2. The van der Waals surface area contributed by atoms with Crippen LogP contribution in [0.3, 0.4) is 0 Å². The van der Waals surface area contributed by atoms with Gasteiger partial charge in [0.2, 0.25) is 6.41 Å². The molecule has 0 spiro atoms. The van der Waals surface area contributed by atoms with Crippen LogP contribution in [0.5, 0.6) is 0 Å². The summed E-state index contributed by atoms with van der Waals surface area (Å²) in [7, 11) is -1.75. The van der Waals surface area contributed by atoms with Crippen molar-refractivity contribution in [3.8, 4) is 0 Å². The molecule has 0 aromatic rings. The highest BCUT2D eigenvalue weighted by Crippen LogP contribution is 2.42. The van der Waals surface area contributed by atoms with E-state index in [1.54, 1.807) is 4.90 Å². The van der Waals surface area contributed by atoms with Crippen molar-refractivity contribution in [1.82, 2.24) is 15.1 Å². The van der Waals surface area contributed by atoms with E-state index in [9.17, 15) is 33.6 Å². The predicted octanol–water partition coefficient (Wildman–Crippen LogP) is -3.06. The lowest BCUT2D eigenvalue weighted by Gasteiger charge is -2.56. The Labute approximate surface area is 150 Å². The number of carboxylic acids is 1. The van der Waals surface area contributed by atoms with E-state index in [4.69, 9.17) is 0 Å². The number of amides is 2. The summed E-state index contributed by atoms with van der Waals surface area (Å²) in [6, 6.07) is 0. The molecule has 4 atom stereocenters. The number of aliphatic hydroxyl groups excluding tert-OH is 1. The van der Waals surface area contributed by atoms with Crippen LogP contribution in [0.1, 0.15) is 6.42 Å². The Morgan fingerprint density at radius 2 is 2.19 bits per heavy atom. The first kappa shape index (κ1) is 18.3. The number of nitrogens with one attached hydrogen (secondary N) is 1. The molecule has 3 unspecified atom stereocenters. The van der Waals surface area contributed by atoms with Crippen molar-refractivity contribution < 1.29 is 38.3 Å². The van der Waals surface area contributed by atoms with Gasteiger partial charge in [-0.25, -0.2) is 4.79 Å². The minimum absolute atomic E-state index is 0.0842. The molecule has 2 amide bonds. The first-order valence-corrected chi connectivity index (χ1v) is 9.12. The van der Waals surface area contributed by atoms with Gasteiger partial charge >= 0.3 is 5.97 Å². The number of rotatable bonds is 7. The van der Waals surface area contributed by atoms with Gasteiger partial charge in [0.1, 0.15) is 12.0 Å². The third kappa shape index (κ3) is 2.56. The summed E-state index contributed by atoms with van der Waals surface area (Å²) in [5.74, 6) is -2.36. The van der Waals surface area contributed by atoms with Gasteiger partial charge < -0.3 is 25.2 Å². The van der Waals surface area contributed by atoms with Gasteiger partial charge in [-0.3, -0.25) is 23.5 Å². The van der Waals surface area contributed by atoms with Crippen molar-refractivity contribution in [2.24, 2.45) is 0 Å². The number of β-amino-alcohol motifs (C(OH)–C–C–N with tert-alkyl or cyclic N) is 1. The van der Waals surface area contributed by atoms with E-state index >= 15 is 0 Å². The fourth-order valence-electron chi connectivity index (χ4n) is 3.60. The maximum atomic E-state index is 12.8. The van der Waals surface area contributed by atoms with Crippen LogP contribution in [0.4, 0.5) is 0 Å². The number of carbonyl (C=O) groups is 4. The average molecular weight is 387 g/mol. The average Bonchev–Trinajstić information content (AvgIpc) is 3.03. The van der Waals surface area contributed by atoms with Crippen LogP contribution in [0, 0.1) is 0 Å². The van der Waals surface area contributed by atoms with Crippen LogP contribution < -0.4 is 5.32 Å². The van der Waals surface area contributed by atoms with Crippen LogP contribution in [0.2, 0.25) is 0 Å². The normalized spacial score (nSPS) is 33.4. The SMILES string of the molecule is O=CNC1(COC=O)C(=O)N2C(C(=O)O)=C(N3CCC(O)C3)CS(=O)[C@H]21. The number of fused-ring (bicyclic) bond motifs is 1. The number of nitrogens with zero attached hydrogens (tertiary/aromatic N) is 2. The first-order chi connectivity index (χ1) is 12.4. The van der Waals surface area contributed by atoms with Crippen LogP contribution in [-0.4, -0.2) is 91.4 Å². The summed E-state index contributed by atoms with van der Waals surface area (Å²) in [5.41, 5.74) is -1.89. The van der Waals surface area contributed by atoms with Gasteiger partial charge in [0.25, 0.3) is 12.4 Å². The Bertz CT molecular complexity index is 725. The number of aliphatic carboxylic acids is 1. The molecule has 2 fully saturated rings. The second kappa shape index (κ2) is 6.68. The molecule has 3 N–H and O–H groups in total. The fourth-order valence-corrected chi connectivity index (χ4v) is 5.46. The molecule has 0 aliphatic carbocycles. The lowest BCUT2D eigenvalue weighted by molar-refractivity contribution is -0.164. The van der Waals surface area contributed by atoms with Gasteiger partial charge in [-0.05, 0) is 6.42 Å². The van der Waals surface area contributed by atoms with E-state index in [2.05, 4.69) is 10.1 Å². The minimum Gasteiger partial charge on any atom is -0.477 e. The summed E-state index contributed by atoms with van der Waals surface area (Å²) in [6.07, 6.45) is 0.0222. The molecule has 0 aromatic heterocycles. The third-order valence-electron chi connectivity index (χ3n) is 4.74. The Balaban J connectivity index is 2.02. The Hall–Kier alpha value is -2.47. The monoisotopic (exact) mass is 387 g/mol. The van der Waals surface area contributed by atoms with Crippen molar-refractivity contribution in [3.05, 3.63) is 11.4 Å². The molecule has 3 aliphatic rings. The van der Waals surface area contributed by atoms with Crippen molar-refractivity contribution in [2.45, 2.75) is 23.4 Å². The van der Waals surface area contributed by atoms with Crippen LogP contribution in [0.25, 0.3) is 0 Å². The maximum absolute atomic E-state index is 12.8. The smallest absolute Gasteiger partial charge is 0.354 e. The highest BCUT2D eigenvalue weighted by Gasteiger charge is 2.68. The number of ether oxygens (including phenoxy) is 1. The highest BCUT2D eigenvalue weighted by molar-refractivity contribution is 7.86. The Morgan fingerprint density at radius 1 is 1.46 bits per heavy atom. The third-order valence-corrected chi connectivity index (χ3v) is 6.41. The zero-order chi connectivity index (χ0) is 19.1. The number of hydrogen-bond donors (Lipinski definition) is 3. The number of likely N-dealkylation sites (tertiary alicyclic amines) is 1. The molecule has 142 valence electrons. The summed E-state index contributed by atoms with van der Waals surface area (Å²) in [4.78, 5) is 48.4. The molecule has 2 saturated heterocycles. The zero-order valence-electron chi connectivity index (χ0n) is 13.5. The van der Waals surface area contributed by atoms with Gasteiger partial charge in [0, 0.05) is 13.1 Å². The topological polar surface area (TPSA) is 154 Å². The van der Waals surface area contributed by atoms with E-state index in [-0.39, 0.29) is 36.6 Å². The van der Waals surface area contributed by atoms with E-state index < -0.39 is 46.3 Å². The lowest BCUT2D eigenvalue weighted by atomic mass is 9.87. The molecule has 26 heavy (non-hydrogen) atoms. The van der Waals surface area contributed by atoms with Gasteiger partial charge in [0.15, 0.2) is 11.2 Å². The van der Waals surface area contributed by atoms with Crippen molar-refractivity contribution in [1.29, 1.82) is 0 Å². The van der Waals surface area contributed by atoms with Crippen LogP contribution in [0.15, 0.2) is 11.4 Å². The second-order valence-corrected chi connectivity index (χ2v) is 7.68. The number of carbonyl (C=O) groups excluding carboxylic acids is 3.